The first-order valence-electron chi connectivity index (χ1n) is 7.19. The first-order chi connectivity index (χ1) is 10.2. The van der Waals surface area contributed by atoms with Gasteiger partial charge in [0.05, 0.1) is 12.1 Å². The number of likely N-dealkylation sites (tertiary alicyclic amines) is 1. The Balaban J connectivity index is 1.68. The van der Waals surface area contributed by atoms with Crippen LogP contribution >= 0.6 is 0 Å². The van der Waals surface area contributed by atoms with Gasteiger partial charge in [-0.1, -0.05) is 35.5 Å². The van der Waals surface area contributed by atoms with Crippen molar-refractivity contribution in [1.29, 1.82) is 0 Å². The normalized spacial score (nSPS) is 19.0. The van der Waals surface area contributed by atoms with Gasteiger partial charge in [-0.2, -0.15) is 0 Å². The molecule has 110 valence electrons. The van der Waals surface area contributed by atoms with E-state index in [9.17, 15) is 4.79 Å². The topological polar surface area (TPSA) is 66.6 Å². The molecule has 3 rings (SSSR count). The fourth-order valence-electron chi connectivity index (χ4n) is 2.87. The smallest absolute Gasteiger partial charge is 0.304 e. The molecule has 5 heteroatoms. The minimum absolute atomic E-state index is 0.111. The van der Waals surface area contributed by atoms with Gasteiger partial charge in [0, 0.05) is 24.2 Å². The summed E-state index contributed by atoms with van der Waals surface area (Å²) < 4.78 is 5.38. The lowest BCUT2D eigenvalue weighted by Gasteiger charge is -2.21. The number of carboxylic acids is 1. The molecule has 1 aromatic carbocycles. The number of hydrogen-bond acceptors (Lipinski definition) is 4. The van der Waals surface area contributed by atoms with Gasteiger partial charge in [-0.3, -0.25) is 9.69 Å². The van der Waals surface area contributed by atoms with E-state index >= 15 is 0 Å². The van der Waals surface area contributed by atoms with Crippen molar-refractivity contribution in [1.82, 2.24) is 10.1 Å². The quantitative estimate of drug-likeness (QED) is 0.915. The van der Waals surface area contributed by atoms with Crippen LogP contribution in [0.1, 0.15) is 25.0 Å². The van der Waals surface area contributed by atoms with E-state index in [1.54, 1.807) is 0 Å². The van der Waals surface area contributed by atoms with E-state index in [0.717, 1.165) is 36.4 Å². The fraction of sp³-hybridized carbons (Fsp3) is 0.375. The van der Waals surface area contributed by atoms with Crippen molar-refractivity contribution >= 4 is 5.97 Å². The van der Waals surface area contributed by atoms with E-state index in [4.69, 9.17) is 9.63 Å². The largest absolute Gasteiger partial charge is 0.481 e. The van der Waals surface area contributed by atoms with Crippen molar-refractivity contribution in [3.8, 4) is 11.3 Å². The summed E-state index contributed by atoms with van der Waals surface area (Å²) in [5.74, 6) is 0.0107. The van der Waals surface area contributed by atoms with E-state index in [1.165, 1.54) is 0 Å². The first kappa shape index (κ1) is 13.8. The van der Waals surface area contributed by atoms with Crippen LogP contribution in [0.15, 0.2) is 40.9 Å². The molecular formula is C16H18N2O3. The van der Waals surface area contributed by atoms with Crippen LogP contribution in [0.5, 0.6) is 0 Å². The van der Waals surface area contributed by atoms with Crippen molar-refractivity contribution in [2.75, 3.05) is 6.54 Å². The minimum atomic E-state index is -0.739. The Morgan fingerprint density at radius 1 is 1.38 bits per heavy atom. The summed E-state index contributed by atoms with van der Waals surface area (Å²) >= 11 is 0. The van der Waals surface area contributed by atoms with Gasteiger partial charge in [-0.15, -0.1) is 0 Å². The van der Waals surface area contributed by atoms with Crippen LogP contribution < -0.4 is 0 Å². The second-order valence-electron chi connectivity index (χ2n) is 5.41. The third kappa shape index (κ3) is 3.31. The summed E-state index contributed by atoms with van der Waals surface area (Å²) in [5, 5.41) is 13.1. The molecule has 0 aliphatic carbocycles. The maximum absolute atomic E-state index is 10.9. The van der Waals surface area contributed by atoms with Crippen LogP contribution in [-0.4, -0.2) is 33.7 Å². The van der Waals surface area contributed by atoms with Crippen LogP contribution in [0, 0.1) is 0 Å². The average Bonchev–Trinajstić information content (AvgIpc) is 3.10. The van der Waals surface area contributed by atoms with Crippen LogP contribution in [-0.2, 0) is 11.3 Å². The lowest BCUT2D eigenvalue weighted by atomic mass is 10.1. The Morgan fingerprint density at radius 3 is 2.95 bits per heavy atom. The second kappa shape index (κ2) is 6.10. The number of carboxylic acid groups (broad SMARTS) is 1. The molecule has 0 spiro atoms. The monoisotopic (exact) mass is 286 g/mol. The van der Waals surface area contributed by atoms with Gasteiger partial charge in [0.2, 0.25) is 0 Å². The van der Waals surface area contributed by atoms with E-state index in [-0.39, 0.29) is 12.5 Å². The highest BCUT2D eigenvalue weighted by molar-refractivity contribution is 5.67. The van der Waals surface area contributed by atoms with Gasteiger partial charge in [0.25, 0.3) is 0 Å². The molecule has 0 amide bonds. The number of hydrogen-bond donors (Lipinski definition) is 1. The molecule has 1 unspecified atom stereocenters. The van der Waals surface area contributed by atoms with Crippen molar-refractivity contribution in [2.45, 2.75) is 31.8 Å². The highest BCUT2D eigenvalue weighted by atomic mass is 16.5. The lowest BCUT2D eigenvalue weighted by molar-refractivity contribution is -0.138. The molecule has 1 N–H and O–H groups in total. The Hall–Kier alpha value is -2.14. The molecule has 2 aromatic rings. The van der Waals surface area contributed by atoms with Crippen molar-refractivity contribution in [2.24, 2.45) is 0 Å². The number of rotatable bonds is 5. The number of aliphatic carboxylic acids is 1. The Bertz CT molecular complexity index is 609. The summed E-state index contributed by atoms with van der Waals surface area (Å²) in [6.07, 6.45) is 2.18. The molecule has 2 heterocycles. The van der Waals surface area contributed by atoms with Gasteiger partial charge in [0.1, 0.15) is 0 Å². The number of benzene rings is 1. The molecule has 1 fully saturated rings. The summed E-state index contributed by atoms with van der Waals surface area (Å²) in [5.41, 5.74) is 1.85. The number of carbonyl (C=O) groups is 1. The van der Waals surface area contributed by atoms with Gasteiger partial charge >= 0.3 is 5.97 Å². The molecule has 5 nitrogen and oxygen atoms in total. The minimum Gasteiger partial charge on any atom is -0.481 e. The zero-order valence-corrected chi connectivity index (χ0v) is 11.7. The Labute approximate surface area is 123 Å². The van der Waals surface area contributed by atoms with E-state index in [1.807, 2.05) is 36.4 Å². The molecule has 1 aliphatic heterocycles. The Morgan fingerprint density at radius 2 is 2.19 bits per heavy atom. The average molecular weight is 286 g/mol. The molecular weight excluding hydrogens is 268 g/mol. The number of nitrogens with zero attached hydrogens (tertiary/aromatic N) is 2. The lowest BCUT2D eigenvalue weighted by Crippen LogP contribution is -2.30. The van der Waals surface area contributed by atoms with Gasteiger partial charge < -0.3 is 9.63 Å². The molecule has 1 saturated heterocycles. The van der Waals surface area contributed by atoms with Crippen LogP contribution in [0.25, 0.3) is 11.3 Å². The van der Waals surface area contributed by atoms with E-state index in [2.05, 4.69) is 10.1 Å². The molecule has 0 bridgehead atoms. The molecule has 1 aliphatic rings. The van der Waals surface area contributed by atoms with Crippen molar-refractivity contribution in [3.63, 3.8) is 0 Å². The fourth-order valence-corrected chi connectivity index (χ4v) is 2.87. The van der Waals surface area contributed by atoms with Gasteiger partial charge in [-0.25, -0.2) is 0 Å². The Kier molecular flexibility index (Phi) is 4.01. The standard InChI is InChI=1S/C16H18N2O3/c19-16(20)10-14-7-4-8-18(14)11-13-9-15(21-17-13)12-5-2-1-3-6-12/h1-3,5-6,9,14H,4,7-8,10-11H2,(H,19,20). The number of aromatic nitrogens is 1. The third-order valence-corrected chi connectivity index (χ3v) is 3.89. The van der Waals surface area contributed by atoms with Gasteiger partial charge in [-0.05, 0) is 19.4 Å². The van der Waals surface area contributed by atoms with Crippen LogP contribution in [0.4, 0.5) is 0 Å². The molecule has 1 aromatic heterocycles. The van der Waals surface area contributed by atoms with Crippen LogP contribution in [0.3, 0.4) is 0 Å². The van der Waals surface area contributed by atoms with Crippen molar-refractivity contribution < 1.29 is 14.4 Å². The molecule has 0 saturated carbocycles. The molecule has 1 atom stereocenters. The zero-order chi connectivity index (χ0) is 14.7. The summed E-state index contributed by atoms with van der Waals surface area (Å²) in [4.78, 5) is 13.1. The van der Waals surface area contributed by atoms with E-state index in [0.29, 0.717) is 6.54 Å². The summed E-state index contributed by atoms with van der Waals surface area (Å²) in [6.45, 7) is 1.57. The second-order valence-corrected chi connectivity index (χ2v) is 5.41. The zero-order valence-electron chi connectivity index (χ0n) is 11.7. The highest BCUT2D eigenvalue weighted by Crippen LogP contribution is 2.24. The van der Waals surface area contributed by atoms with E-state index < -0.39 is 5.97 Å². The van der Waals surface area contributed by atoms with Gasteiger partial charge in [0.15, 0.2) is 5.76 Å². The van der Waals surface area contributed by atoms with Crippen LogP contribution in [0.2, 0.25) is 0 Å². The first-order valence-corrected chi connectivity index (χ1v) is 7.19. The maximum Gasteiger partial charge on any atom is 0.304 e. The summed E-state index contributed by atoms with van der Waals surface area (Å²) in [6, 6.07) is 11.9. The predicted molar refractivity (Wildman–Crippen MR) is 77.6 cm³/mol. The molecule has 21 heavy (non-hydrogen) atoms. The predicted octanol–water partition coefficient (Wildman–Crippen LogP) is 2.78. The highest BCUT2D eigenvalue weighted by Gasteiger charge is 2.27. The maximum atomic E-state index is 10.9. The SMILES string of the molecule is O=C(O)CC1CCCN1Cc1cc(-c2ccccc2)on1. The third-order valence-electron chi connectivity index (χ3n) is 3.89. The van der Waals surface area contributed by atoms with Crippen molar-refractivity contribution in [3.05, 3.63) is 42.1 Å². The summed E-state index contributed by atoms with van der Waals surface area (Å²) in [7, 11) is 0. The molecule has 0 radical (unpaired) electrons.